The number of hydrogen-bond donors (Lipinski definition) is 7. The van der Waals surface area contributed by atoms with Crippen LogP contribution in [0.5, 0.6) is 0 Å². The molecule has 1 amide bonds. The van der Waals surface area contributed by atoms with E-state index in [4.69, 9.17) is 19.8 Å². The van der Waals surface area contributed by atoms with E-state index in [0.29, 0.717) is 49.5 Å². The zero-order chi connectivity index (χ0) is 63.2. The number of carbonyl (C=O) groups is 1. The molecule has 3 saturated carbocycles. The van der Waals surface area contributed by atoms with Crippen molar-refractivity contribution in [3.63, 3.8) is 0 Å². The van der Waals surface area contributed by atoms with E-state index in [1.165, 1.54) is 32.6 Å². The summed E-state index contributed by atoms with van der Waals surface area (Å²) < 4.78 is 85.5. The average Bonchev–Trinajstić information content (AvgIpc) is 1.87. The largest absolute Gasteiger partial charge is 0.443 e. The summed E-state index contributed by atoms with van der Waals surface area (Å²) in [4.78, 5) is 33.7. The minimum absolute atomic E-state index is 0.124. The summed E-state index contributed by atoms with van der Waals surface area (Å²) in [6.45, 7) is 13.3. The molecule has 8 N–H and O–H groups in total. The first-order valence-corrected chi connectivity index (χ1v) is 34.7. The number of aromatic nitrogens is 6. The van der Waals surface area contributed by atoms with E-state index in [0.717, 1.165) is 103 Å². The molecule has 6 aromatic heterocycles. The Balaban J connectivity index is 0.000000157. The fraction of sp³-hybridized carbons (Fsp3) is 0.603. The van der Waals surface area contributed by atoms with Gasteiger partial charge in [-0.15, -0.1) is 0 Å². The SMILES string of the molecule is CC(C)(C)O.CC(C)(C)OC(=O)NS(=O)(=O)N1CCCC(C(O)c2c(C3CC3)ccn3cncc23)C1.NS(=O)(=O)N1CCCC(C(O)c2c(C3CC3)ccn3cncc23)C1.O=C=NS(=O)(=O)Cl.OC(c1c(C2CC2)ccn2cncc12)C1CCCNC1. The Kier molecular flexibility index (Phi) is 21.8. The summed E-state index contributed by atoms with van der Waals surface area (Å²) in [5.74, 6) is 1.45. The van der Waals surface area contributed by atoms with Crippen LogP contribution in [0.4, 0.5) is 4.79 Å². The van der Waals surface area contributed by atoms with Gasteiger partial charge in [0.25, 0.3) is 16.3 Å². The molecule has 3 saturated heterocycles. The van der Waals surface area contributed by atoms with E-state index >= 15 is 0 Å². The van der Waals surface area contributed by atoms with Crippen molar-refractivity contribution < 1.29 is 60.0 Å². The van der Waals surface area contributed by atoms with Crippen molar-refractivity contribution in [1.29, 1.82) is 0 Å². The Morgan fingerprint density at radius 2 is 1.05 bits per heavy atom. The van der Waals surface area contributed by atoms with Gasteiger partial charge in [-0.3, -0.25) is 0 Å². The molecule has 25 nitrogen and oxygen atoms in total. The minimum atomic E-state index is -4.07. The van der Waals surface area contributed by atoms with Crippen molar-refractivity contribution in [2.24, 2.45) is 27.3 Å². The number of aliphatic hydroxyl groups excluding tert-OH is 3. The maximum atomic E-state index is 12.8. The zero-order valence-electron chi connectivity index (χ0n) is 50.0. The maximum absolute atomic E-state index is 12.8. The molecule has 6 unspecified atom stereocenters. The van der Waals surface area contributed by atoms with Gasteiger partial charge in [-0.1, -0.05) is 4.40 Å². The van der Waals surface area contributed by atoms with E-state index in [-0.39, 0.29) is 37.6 Å². The summed E-state index contributed by atoms with van der Waals surface area (Å²) in [5, 5.41) is 50.6. The lowest BCUT2D eigenvalue weighted by molar-refractivity contribution is 0.0557. The molecular formula is C58H83ClN12O13S3. The standard InChI is InChI=1S/C21H30N4O5S.C16H22N4O3S.C16H21N3O.C4H10O.CClNO3S/c1-21(2,3)30-20(27)23-31(28,29)25-9-4-5-15(12-25)19(26)18-16(14-6-7-14)8-10-24-13-22-11-17(18)24;17-24(22,23)20-6-1-2-12(9-20)16(21)15-13(11-3-4-11)5-7-19-10-18-8-14(15)19;20-16(12-2-1-6-17-8-12)15-13(11-3-4-11)5-7-19-10-18-9-14(15)19;1-4(2,3)5;2-7(5,6)3-1-4/h8,10-11,13-15,19,26H,4-7,9,12H2,1-3H3,(H,23,27);5,7-8,10-12,16,21H,1-4,6,9H2,(H2,17,22,23);5,7,9-12,16-17,20H,1-4,6,8H2;5H,1-3H3;. The number of aliphatic hydroxyl groups is 4. The lowest BCUT2D eigenvalue weighted by Crippen LogP contribution is -2.49. The summed E-state index contributed by atoms with van der Waals surface area (Å²) >= 11 is 0. The van der Waals surface area contributed by atoms with Gasteiger partial charge in [0.2, 0.25) is 0 Å². The molecule has 478 valence electrons. The molecule has 6 aliphatic rings. The normalized spacial score (nSPS) is 21.7. The second-order valence-electron chi connectivity index (χ2n) is 25.3. The Morgan fingerprint density at radius 3 is 1.38 bits per heavy atom. The zero-order valence-corrected chi connectivity index (χ0v) is 53.2. The van der Waals surface area contributed by atoms with Crippen molar-refractivity contribution in [3.05, 3.63) is 108 Å². The summed E-state index contributed by atoms with van der Waals surface area (Å²) in [6, 6.07) is 6.28. The molecule has 29 heteroatoms. The number of isocyanates is 1. The van der Waals surface area contributed by atoms with Crippen LogP contribution in [0.25, 0.3) is 16.6 Å². The monoisotopic (exact) mass is 1290 g/mol. The Morgan fingerprint density at radius 1 is 0.667 bits per heavy atom. The molecule has 9 heterocycles. The maximum Gasteiger partial charge on any atom is 0.422 e. The van der Waals surface area contributed by atoms with E-state index < -0.39 is 59.2 Å². The number of nitrogens with zero attached hydrogens (tertiary/aromatic N) is 9. The number of hydrogen-bond acceptors (Lipinski definition) is 17. The summed E-state index contributed by atoms with van der Waals surface area (Å²) in [6.07, 6.45) is 26.5. The highest BCUT2D eigenvalue weighted by molar-refractivity contribution is 8.12. The number of fused-ring (bicyclic) bond motifs is 3. The van der Waals surface area contributed by atoms with Crippen LogP contribution in [-0.4, -0.2) is 145 Å². The van der Waals surface area contributed by atoms with E-state index in [9.17, 15) is 45.4 Å². The number of ether oxygens (including phenoxy) is 1. The van der Waals surface area contributed by atoms with Crippen LogP contribution in [0.2, 0.25) is 0 Å². The van der Waals surface area contributed by atoms with Crippen molar-refractivity contribution in [1.82, 2.24) is 46.8 Å². The van der Waals surface area contributed by atoms with Crippen LogP contribution in [-0.2, 0) is 39.2 Å². The highest BCUT2D eigenvalue weighted by Crippen LogP contribution is 2.48. The van der Waals surface area contributed by atoms with Crippen molar-refractivity contribution in [3.8, 4) is 0 Å². The number of piperidine rings is 3. The first-order chi connectivity index (χ1) is 40.9. The number of halogens is 1. The van der Waals surface area contributed by atoms with E-state index in [1.807, 2.05) is 48.9 Å². The average molecular weight is 1290 g/mol. The lowest BCUT2D eigenvalue weighted by atomic mass is 9.86. The second-order valence-corrected chi connectivity index (χ2v) is 30.7. The smallest absolute Gasteiger partial charge is 0.422 e. The molecule has 6 fully saturated rings. The number of nitrogens with one attached hydrogen (secondary N) is 2. The molecule has 0 bridgehead atoms. The van der Waals surface area contributed by atoms with Crippen LogP contribution >= 0.6 is 10.7 Å². The van der Waals surface area contributed by atoms with Crippen LogP contribution in [0, 0.1) is 17.8 Å². The molecule has 0 aromatic carbocycles. The molecule has 0 radical (unpaired) electrons. The third-order valence-electron chi connectivity index (χ3n) is 15.9. The van der Waals surface area contributed by atoms with Crippen LogP contribution < -0.4 is 15.2 Å². The van der Waals surface area contributed by atoms with Gasteiger partial charge in [0.1, 0.15) is 5.60 Å². The molecule has 87 heavy (non-hydrogen) atoms. The molecule has 12 rings (SSSR count). The van der Waals surface area contributed by atoms with Crippen LogP contribution in [0.3, 0.4) is 0 Å². The first-order valence-electron chi connectivity index (χ1n) is 29.5. The van der Waals surface area contributed by atoms with Crippen molar-refractivity contribution in [2.45, 2.75) is 166 Å². The molecule has 3 aliphatic heterocycles. The predicted molar refractivity (Wildman–Crippen MR) is 327 cm³/mol. The number of pyridine rings is 3. The van der Waals surface area contributed by atoms with Crippen molar-refractivity contribution >= 4 is 69.1 Å². The van der Waals surface area contributed by atoms with Crippen molar-refractivity contribution in [2.75, 3.05) is 39.3 Å². The number of rotatable bonds is 13. The Bertz CT molecular complexity index is 3730. The van der Waals surface area contributed by atoms with Gasteiger partial charge >= 0.3 is 25.5 Å². The Hall–Kier alpha value is -5.46. The van der Waals surface area contributed by atoms with E-state index in [2.05, 4.69) is 53.7 Å². The number of nitrogens with two attached hydrogens (primary N) is 1. The second kappa shape index (κ2) is 28.2. The number of amides is 1. The molecule has 3 aliphatic carbocycles. The highest BCUT2D eigenvalue weighted by Gasteiger charge is 2.40. The minimum Gasteiger partial charge on any atom is -0.443 e. The van der Waals surface area contributed by atoms with Gasteiger partial charge in [0.05, 0.1) is 78.0 Å². The van der Waals surface area contributed by atoms with Crippen LogP contribution in [0.1, 0.15) is 188 Å². The third kappa shape index (κ3) is 18.8. The molecule has 6 atom stereocenters. The summed E-state index contributed by atoms with van der Waals surface area (Å²) in [7, 11) is -7.41. The first kappa shape index (κ1) is 67.5. The van der Waals surface area contributed by atoms with Gasteiger partial charge in [-0.2, -0.15) is 33.9 Å². The van der Waals surface area contributed by atoms with Gasteiger partial charge in [-0.25, -0.2) is 34.4 Å². The predicted octanol–water partition coefficient (Wildman–Crippen LogP) is 6.71. The fourth-order valence-corrected chi connectivity index (χ4v) is 13.7. The molecule has 0 spiro atoms. The molecule has 6 aromatic rings. The molecular weight excluding hydrogens is 1200 g/mol. The number of imidazole rings is 3. The topological polar surface area (TPSA) is 348 Å². The van der Waals surface area contributed by atoms with Crippen LogP contribution in [0.15, 0.2) is 78.8 Å². The third-order valence-corrected chi connectivity index (χ3v) is 18.9. The van der Waals surface area contributed by atoms with Gasteiger partial charge < -0.3 is 43.7 Å². The van der Waals surface area contributed by atoms with Gasteiger partial charge in [0, 0.05) is 96.4 Å². The highest BCUT2D eigenvalue weighted by atomic mass is 35.7. The number of carbonyl (C=O) groups excluding carboxylic acids is 2. The quantitative estimate of drug-likeness (QED) is 0.0358. The summed E-state index contributed by atoms with van der Waals surface area (Å²) in [5.41, 5.74) is 8.03. The van der Waals surface area contributed by atoms with Gasteiger partial charge in [0.15, 0.2) is 0 Å². The lowest BCUT2D eigenvalue weighted by Gasteiger charge is -2.35. The van der Waals surface area contributed by atoms with E-state index in [1.54, 1.807) is 66.6 Å². The Labute approximate surface area is 513 Å². The van der Waals surface area contributed by atoms with Gasteiger partial charge in [-0.05, 0) is 178 Å². The fourth-order valence-electron chi connectivity index (χ4n) is 11.6.